The summed E-state index contributed by atoms with van der Waals surface area (Å²) in [7, 11) is 0. The second kappa shape index (κ2) is 4.11. The van der Waals surface area contributed by atoms with Gasteiger partial charge in [0, 0.05) is 23.5 Å². The number of imidazole rings is 1. The normalized spacial score (nSPS) is 11.8. The lowest BCUT2D eigenvalue weighted by atomic mass is 9.92. The van der Waals surface area contributed by atoms with Gasteiger partial charge < -0.3 is 4.98 Å². The molecule has 1 N–H and O–H groups in total. The average Bonchev–Trinajstić information content (AvgIpc) is 2.60. The molecule has 2 rings (SSSR count). The van der Waals surface area contributed by atoms with E-state index in [1.165, 1.54) is 5.69 Å². The molecular weight excluding hydrogens is 230 g/mol. The minimum absolute atomic E-state index is 0.0375. The maximum absolute atomic E-state index is 5.36. The molecule has 0 aliphatic heterocycles. The Labute approximate surface area is 107 Å². The second-order valence-electron chi connectivity index (χ2n) is 5.17. The standard InChI is InChI=1S/C13H17N3S/c1-9-10(6-5-7-14-9)16-11(13(2,3)4)8-15-12(16)17/h5-8H,1-4H3,(H,15,17). The summed E-state index contributed by atoms with van der Waals surface area (Å²) in [5.74, 6) is 0. The molecule has 0 radical (unpaired) electrons. The molecule has 2 heterocycles. The molecule has 0 aliphatic rings. The van der Waals surface area contributed by atoms with Crippen molar-refractivity contribution < 1.29 is 0 Å². The lowest BCUT2D eigenvalue weighted by molar-refractivity contribution is 0.555. The topological polar surface area (TPSA) is 33.6 Å². The van der Waals surface area contributed by atoms with Crippen molar-refractivity contribution in [3.8, 4) is 5.69 Å². The number of aromatic nitrogens is 3. The first-order chi connectivity index (χ1) is 7.91. The van der Waals surface area contributed by atoms with E-state index in [-0.39, 0.29) is 5.41 Å². The first-order valence-corrected chi connectivity index (χ1v) is 6.05. The number of nitrogens with zero attached hydrogens (tertiary/aromatic N) is 2. The molecule has 17 heavy (non-hydrogen) atoms. The second-order valence-corrected chi connectivity index (χ2v) is 5.56. The van der Waals surface area contributed by atoms with Gasteiger partial charge in [-0.2, -0.15) is 0 Å². The van der Waals surface area contributed by atoms with Crippen LogP contribution in [0.3, 0.4) is 0 Å². The highest BCUT2D eigenvalue weighted by atomic mass is 32.1. The molecule has 0 saturated heterocycles. The Bertz CT molecular complexity index is 587. The molecule has 0 unspecified atom stereocenters. The van der Waals surface area contributed by atoms with Crippen LogP contribution in [-0.4, -0.2) is 14.5 Å². The molecule has 90 valence electrons. The third-order valence-electron chi connectivity index (χ3n) is 2.76. The fourth-order valence-electron chi connectivity index (χ4n) is 1.87. The van der Waals surface area contributed by atoms with E-state index in [2.05, 4.69) is 35.3 Å². The molecule has 0 saturated carbocycles. The lowest BCUT2D eigenvalue weighted by Gasteiger charge is -2.21. The van der Waals surface area contributed by atoms with Crippen LogP contribution in [-0.2, 0) is 5.41 Å². The highest BCUT2D eigenvalue weighted by molar-refractivity contribution is 7.71. The average molecular weight is 247 g/mol. The summed E-state index contributed by atoms with van der Waals surface area (Å²) in [6, 6.07) is 3.98. The third-order valence-corrected chi connectivity index (χ3v) is 3.07. The number of hydrogen-bond acceptors (Lipinski definition) is 2. The predicted molar refractivity (Wildman–Crippen MR) is 72.2 cm³/mol. The largest absolute Gasteiger partial charge is 0.337 e. The van der Waals surface area contributed by atoms with Crippen LogP contribution >= 0.6 is 12.2 Å². The van der Waals surface area contributed by atoms with E-state index in [1.54, 1.807) is 6.20 Å². The van der Waals surface area contributed by atoms with E-state index >= 15 is 0 Å². The first kappa shape index (κ1) is 12.0. The summed E-state index contributed by atoms with van der Waals surface area (Å²) >= 11 is 5.36. The van der Waals surface area contributed by atoms with E-state index in [4.69, 9.17) is 12.2 Å². The van der Waals surface area contributed by atoms with Crippen LogP contribution in [0, 0.1) is 11.7 Å². The first-order valence-electron chi connectivity index (χ1n) is 5.64. The number of aromatic amines is 1. The van der Waals surface area contributed by atoms with Gasteiger partial charge in [0.05, 0.1) is 11.4 Å². The van der Waals surface area contributed by atoms with Crippen LogP contribution in [0.4, 0.5) is 0 Å². The molecule has 4 heteroatoms. The van der Waals surface area contributed by atoms with Crippen LogP contribution in [0.25, 0.3) is 5.69 Å². The Hall–Kier alpha value is -1.42. The zero-order valence-electron chi connectivity index (χ0n) is 10.6. The van der Waals surface area contributed by atoms with Crippen LogP contribution in [0.15, 0.2) is 24.5 Å². The number of hydrogen-bond donors (Lipinski definition) is 1. The van der Waals surface area contributed by atoms with Crippen LogP contribution in [0.1, 0.15) is 32.2 Å². The van der Waals surface area contributed by atoms with Crippen LogP contribution in [0.2, 0.25) is 0 Å². The van der Waals surface area contributed by atoms with E-state index in [0.29, 0.717) is 4.77 Å². The SMILES string of the molecule is Cc1ncccc1-n1c(C(C)(C)C)c[nH]c1=S. The zero-order valence-corrected chi connectivity index (χ0v) is 11.4. The lowest BCUT2D eigenvalue weighted by Crippen LogP contribution is -2.17. The van der Waals surface area contributed by atoms with E-state index in [9.17, 15) is 0 Å². The van der Waals surface area contributed by atoms with Gasteiger partial charge in [0.2, 0.25) is 0 Å². The number of aryl methyl sites for hydroxylation is 1. The number of nitrogens with one attached hydrogen (secondary N) is 1. The van der Waals surface area contributed by atoms with Gasteiger partial charge in [-0.3, -0.25) is 9.55 Å². The van der Waals surface area contributed by atoms with Crippen molar-refractivity contribution in [2.45, 2.75) is 33.1 Å². The van der Waals surface area contributed by atoms with E-state index in [1.807, 2.05) is 25.3 Å². The van der Waals surface area contributed by atoms with Crippen molar-refractivity contribution in [1.29, 1.82) is 0 Å². The third kappa shape index (κ3) is 2.17. The van der Waals surface area contributed by atoms with Gasteiger partial charge in [0.25, 0.3) is 0 Å². The molecule has 2 aromatic rings. The van der Waals surface area contributed by atoms with Crippen molar-refractivity contribution in [3.05, 3.63) is 40.7 Å². The molecule has 2 aromatic heterocycles. The van der Waals surface area contributed by atoms with Crippen molar-refractivity contribution in [2.75, 3.05) is 0 Å². The Kier molecular flexibility index (Phi) is 2.91. The number of rotatable bonds is 1. The maximum Gasteiger partial charge on any atom is 0.182 e. The summed E-state index contributed by atoms with van der Waals surface area (Å²) in [5.41, 5.74) is 3.23. The van der Waals surface area contributed by atoms with Gasteiger partial charge in [-0.05, 0) is 31.3 Å². The van der Waals surface area contributed by atoms with Gasteiger partial charge in [0.15, 0.2) is 4.77 Å². The molecule has 0 aliphatic carbocycles. The molecule has 0 bridgehead atoms. The van der Waals surface area contributed by atoms with Crippen LogP contribution in [0.5, 0.6) is 0 Å². The molecular formula is C13H17N3S. The molecule has 0 amide bonds. The van der Waals surface area contributed by atoms with Crippen LogP contribution < -0.4 is 0 Å². The minimum Gasteiger partial charge on any atom is -0.337 e. The van der Waals surface area contributed by atoms with Crippen molar-refractivity contribution in [1.82, 2.24) is 14.5 Å². The van der Waals surface area contributed by atoms with Crippen molar-refractivity contribution in [2.24, 2.45) is 0 Å². The molecule has 3 nitrogen and oxygen atoms in total. The highest BCUT2D eigenvalue weighted by Crippen LogP contribution is 2.26. The molecule has 0 atom stereocenters. The maximum atomic E-state index is 5.36. The van der Waals surface area contributed by atoms with Gasteiger partial charge in [0.1, 0.15) is 0 Å². The highest BCUT2D eigenvalue weighted by Gasteiger charge is 2.20. The minimum atomic E-state index is 0.0375. The fraction of sp³-hybridized carbons (Fsp3) is 0.385. The summed E-state index contributed by atoms with van der Waals surface area (Å²) in [5, 5.41) is 0. The van der Waals surface area contributed by atoms with E-state index in [0.717, 1.165) is 11.4 Å². The molecule has 0 spiro atoms. The summed E-state index contributed by atoms with van der Waals surface area (Å²) < 4.78 is 2.78. The van der Waals surface area contributed by atoms with Crippen molar-refractivity contribution in [3.63, 3.8) is 0 Å². The quantitative estimate of drug-likeness (QED) is 0.782. The summed E-state index contributed by atoms with van der Waals surface area (Å²) in [6.45, 7) is 8.52. The van der Waals surface area contributed by atoms with Gasteiger partial charge in [-0.25, -0.2) is 0 Å². The molecule has 0 fully saturated rings. The zero-order chi connectivity index (χ0) is 12.6. The number of H-pyrrole nitrogens is 1. The Morgan fingerprint density at radius 3 is 2.65 bits per heavy atom. The number of pyridine rings is 1. The monoisotopic (exact) mass is 247 g/mol. The Morgan fingerprint density at radius 2 is 2.06 bits per heavy atom. The summed E-state index contributed by atoms with van der Waals surface area (Å²) in [4.78, 5) is 7.44. The Morgan fingerprint density at radius 1 is 1.35 bits per heavy atom. The van der Waals surface area contributed by atoms with E-state index < -0.39 is 0 Å². The van der Waals surface area contributed by atoms with Gasteiger partial charge in [-0.15, -0.1) is 0 Å². The Balaban J connectivity index is 2.73. The smallest absolute Gasteiger partial charge is 0.182 e. The van der Waals surface area contributed by atoms with Gasteiger partial charge in [-0.1, -0.05) is 20.8 Å². The molecule has 0 aromatic carbocycles. The summed E-state index contributed by atoms with van der Waals surface area (Å²) in [6.07, 6.45) is 3.78. The van der Waals surface area contributed by atoms with Gasteiger partial charge >= 0.3 is 0 Å². The van der Waals surface area contributed by atoms with Crippen molar-refractivity contribution >= 4 is 12.2 Å². The fourth-order valence-corrected chi connectivity index (χ4v) is 2.13. The predicted octanol–water partition coefficient (Wildman–Crippen LogP) is 3.54.